The van der Waals surface area contributed by atoms with Crippen molar-refractivity contribution in [1.82, 2.24) is 4.98 Å². The van der Waals surface area contributed by atoms with Crippen molar-refractivity contribution in [3.05, 3.63) is 52.3 Å². The highest BCUT2D eigenvalue weighted by Gasteiger charge is 2.06. The predicted molar refractivity (Wildman–Crippen MR) is 82.0 cm³/mol. The van der Waals surface area contributed by atoms with E-state index in [1.54, 1.807) is 13.3 Å². The van der Waals surface area contributed by atoms with E-state index in [4.69, 9.17) is 15.2 Å². The van der Waals surface area contributed by atoms with Gasteiger partial charge in [0.1, 0.15) is 6.61 Å². The monoisotopic (exact) mass is 336 g/mol. The fourth-order valence-electron chi connectivity index (χ4n) is 1.80. The van der Waals surface area contributed by atoms with E-state index in [0.717, 1.165) is 22.2 Å². The first-order valence-electron chi connectivity index (χ1n) is 6.33. The molecule has 2 rings (SSSR count). The Bertz CT molecular complexity index is 558. The number of methoxy groups -OCH3 is 1. The largest absolute Gasteiger partial charge is 0.493 e. The Morgan fingerprint density at radius 3 is 2.70 bits per heavy atom. The highest BCUT2D eigenvalue weighted by Crippen LogP contribution is 2.28. The zero-order chi connectivity index (χ0) is 14.4. The standard InChI is InChI=1S/C15H17BrN2O2/c1-19-14-5-2-11(6-7-17)8-15(14)20-10-13-4-3-12(16)9-18-13/h2-5,8-9H,6-7,10,17H2,1H3. The summed E-state index contributed by atoms with van der Waals surface area (Å²) in [6, 6.07) is 9.71. The average Bonchev–Trinajstić information content (AvgIpc) is 2.47. The number of benzene rings is 1. The van der Waals surface area contributed by atoms with Gasteiger partial charge in [0.25, 0.3) is 0 Å². The topological polar surface area (TPSA) is 57.4 Å². The van der Waals surface area contributed by atoms with Gasteiger partial charge >= 0.3 is 0 Å². The van der Waals surface area contributed by atoms with Crippen molar-refractivity contribution in [2.45, 2.75) is 13.0 Å². The third-order valence-corrected chi connectivity index (χ3v) is 3.29. The van der Waals surface area contributed by atoms with Crippen LogP contribution in [0.4, 0.5) is 0 Å². The molecule has 0 aliphatic heterocycles. The van der Waals surface area contributed by atoms with Gasteiger partial charge in [-0.3, -0.25) is 4.98 Å². The minimum atomic E-state index is 0.399. The third kappa shape index (κ3) is 3.95. The number of nitrogens with two attached hydrogens (primary N) is 1. The number of ether oxygens (including phenoxy) is 2. The van der Waals surface area contributed by atoms with Gasteiger partial charge in [-0.2, -0.15) is 0 Å². The van der Waals surface area contributed by atoms with Gasteiger partial charge in [-0.1, -0.05) is 6.07 Å². The molecule has 2 N–H and O–H groups in total. The SMILES string of the molecule is COc1ccc(CCN)cc1OCc1ccc(Br)cn1. The van der Waals surface area contributed by atoms with Crippen molar-refractivity contribution in [1.29, 1.82) is 0 Å². The van der Waals surface area contributed by atoms with E-state index in [-0.39, 0.29) is 0 Å². The number of nitrogens with zero attached hydrogens (tertiary/aromatic N) is 1. The van der Waals surface area contributed by atoms with Crippen LogP contribution in [0.3, 0.4) is 0 Å². The van der Waals surface area contributed by atoms with Crippen LogP contribution >= 0.6 is 15.9 Å². The predicted octanol–water partition coefficient (Wildman–Crippen LogP) is 2.93. The van der Waals surface area contributed by atoms with Crippen LogP contribution in [0.15, 0.2) is 41.0 Å². The molecule has 0 radical (unpaired) electrons. The molecule has 20 heavy (non-hydrogen) atoms. The Labute approximate surface area is 127 Å². The van der Waals surface area contributed by atoms with E-state index in [2.05, 4.69) is 20.9 Å². The molecule has 0 bridgehead atoms. The minimum absolute atomic E-state index is 0.399. The second-order valence-corrected chi connectivity index (χ2v) is 5.20. The first-order chi connectivity index (χ1) is 9.72. The Kier molecular flexibility index (Phi) is 5.38. The van der Waals surface area contributed by atoms with Crippen molar-refractivity contribution in [2.75, 3.05) is 13.7 Å². The molecule has 2 aromatic rings. The smallest absolute Gasteiger partial charge is 0.162 e. The maximum absolute atomic E-state index is 5.80. The molecule has 0 spiro atoms. The van der Waals surface area contributed by atoms with Crippen LogP contribution in [0, 0.1) is 0 Å². The van der Waals surface area contributed by atoms with E-state index in [1.807, 2.05) is 30.3 Å². The summed E-state index contributed by atoms with van der Waals surface area (Å²) in [6.45, 7) is 1.01. The van der Waals surface area contributed by atoms with E-state index < -0.39 is 0 Å². The molecule has 1 aromatic heterocycles. The number of hydrogen-bond donors (Lipinski definition) is 1. The zero-order valence-corrected chi connectivity index (χ0v) is 12.9. The lowest BCUT2D eigenvalue weighted by Gasteiger charge is -2.12. The van der Waals surface area contributed by atoms with Crippen molar-refractivity contribution < 1.29 is 9.47 Å². The quantitative estimate of drug-likeness (QED) is 0.881. The molecule has 4 nitrogen and oxygen atoms in total. The summed E-state index contributed by atoms with van der Waals surface area (Å²) in [7, 11) is 1.63. The van der Waals surface area contributed by atoms with Gasteiger partial charge in [0.15, 0.2) is 11.5 Å². The molecular formula is C15H17BrN2O2. The Morgan fingerprint density at radius 1 is 1.20 bits per heavy atom. The fraction of sp³-hybridized carbons (Fsp3) is 0.267. The van der Waals surface area contributed by atoms with Crippen LogP contribution in [-0.4, -0.2) is 18.6 Å². The molecule has 0 atom stereocenters. The molecule has 1 aromatic carbocycles. The summed E-state index contributed by atoms with van der Waals surface area (Å²) >= 11 is 3.36. The van der Waals surface area contributed by atoms with Gasteiger partial charge in [-0.15, -0.1) is 0 Å². The molecule has 106 valence electrons. The number of aromatic nitrogens is 1. The molecule has 1 heterocycles. The molecule has 0 saturated heterocycles. The van der Waals surface area contributed by atoms with Crippen LogP contribution in [0.2, 0.25) is 0 Å². The summed E-state index contributed by atoms with van der Waals surface area (Å²) in [5, 5.41) is 0. The fourth-order valence-corrected chi connectivity index (χ4v) is 2.03. The van der Waals surface area contributed by atoms with Crippen molar-refractivity contribution in [3.63, 3.8) is 0 Å². The van der Waals surface area contributed by atoms with Crippen molar-refractivity contribution >= 4 is 15.9 Å². The van der Waals surface area contributed by atoms with Gasteiger partial charge in [-0.25, -0.2) is 0 Å². The molecule has 5 heteroatoms. The highest BCUT2D eigenvalue weighted by atomic mass is 79.9. The van der Waals surface area contributed by atoms with Gasteiger partial charge in [0, 0.05) is 10.7 Å². The Morgan fingerprint density at radius 2 is 2.05 bits per heavy atom. The second-order valence-electron chi connectivity index (χ2n) is 4.28. The van der Waals surface area contributed by atoms with E-state index >= 15 is 0 Å². The van der Waals surface area contributed by atoms with Gasteiger partial charge < -0.3 is 15.2 Å². The molecule has 0 fully saturated rings. The average molecular weight is 337 g/mol. The molecule has 0 saturated carbocycles. The lowest BCUT2D eigenvalue weighted by atomic mass is 10.1. The maximum atomic E-state index is 5.80. The summed E-state index contributed by atoms with van der Waals surface area (Å²) < 4.78 is 12.0. The van der Waals surface area contributed by atoms with Crippen LogP contribution < -0.4 is 15.2 Å². The summed E-state index contributed by atoms with van der Waals surface area (Å²) in [4.78, 5) is 4.27. The highest BCUT2D eigenvalue weighted by molar-refractivity contribution is 9.10. The first kappa shape index (κ1) is 14.8. The molecule has 0 amide bonds. The van der Waals surface area contributed by atoms with Gasteiger partial charge in [0.2, 0.25) is 0 Å². The molecule has 0 aliphatic rings. The van der Waals surface area contributed by atoms with Crippen LogP contribution in [0.1, 0.15) is 11.3 Å². The number of pyridine rings is 1. The summed E-state index contributed by atoms with van der Waals surface area (Å²) in [5.41, 5.74) is 7.57. The van der Waals surface area contributed by atoms with E-state index in [1.165, 1.54) is 0 Å². The van der Waals surface area contributed by atoms with E-state index in [0.29, 0.717) is 24.7 Å². The van der Waals surface area contributed by atoms with Crippen LogP contribution in [0.5, 0.6) is 11.5 Å². The Hall–Kier alpha value is -1.59. The van der Waals surface area contributed by atoms with Crippen molar-refractivity contribution in [2.24, 2.45) is 5.73 Å². The lowest BCUT2D eigenvalue weighted by Crippen LogP contribution is -2.04. The van der Waals surface area contributed by atoms with E-state index in [9.17, 15) is 0 Å². The maximum Gasteiger partial charge on any atom is 0.162 e. The number of halogens is 1. The number of hydrogen-bond acceptors (Lipinski definition) is 4. The van der Waals surface area contributed by atoms with Gasteiger partial charge in [0.05, 0.1) is 12.8 Å². The zero-order valence-electron chi connectivity index (χ0n) is 11.3. The molecule has 0 unspecified atom stereocenters. The van der Waals surface area contributed by atoms with Gasteiger partial charge in [-0.05, 0) is 58.7 Å². The lowest BCUT2D eigenvalue weighted by molar-refractivity contribution is 0.280. The first-order valence-corrected chi connectivity index (χ1v) is 7.12. The Balaban J connectivity index is 2.10. The normalized spacial score (nSPS) is 10.3. The number of rotatable bonds is 6. The molecular weight excluding hydrogens is 320 g/mol. The summed E-state index contributed by atoms with van der Waals surface area (Å²) in [5.74, 6) is 1.42. The van der Waals surface area contributed by atoms with Crippen LogP contribution in [0.25, 0.3) is 0 Å². The van der Waals surface area contributed by atoms with Crippen LogP contribution in [-0.2, 0) is 13.0 Å². The minimum Gasteiger partial charge on any atom is -0.493 e. The van der Waals surface area contributed by atoms with Crippen molar-refractivity contribution in [3.8, 4) is 11.5 Å². The summed E-state index contributed by atoms with van der Waals surface area (Å²) in [6.07, 6.45) is 2.57. The molecule has 0 aliphatic carbocycles. The second kappa shape index (κ2) is 7.26. The third-order valence-electron chi connectivity index (χ3n) is 2.83.